The monoisotopic (exact) mass is 478 g/mol. The van der Waals surface area contributed by atoms with Crippen molar-refractivity contribution in [1.82, 2.24) is 20.9 Å². The van der Waals surface area contributed by atoms with Crippen LogP contribution in [0.25, 0.3) is 0 Å². The lowest BCUT2D eigenvalue weighted by Gasteiger charge is -2.21. The predicted octanol–water partition coefficient (Wildman–Crippen LogP) is 2.79. The summed E-state index contributed by atoms with van der Waals surface area (Å²) < 4.78 is 12.1. The van der Waals surface area contributed by atoms with Crippen molar-refractivity contribution in [2.75, 3.05) is 44.7 Å². The highest BCUT2D eigenvalue weighted by Crippen LogP contribution is 2.13. The Balaban J connectivity index is 5.85. The van der Waals surface area contributed by atoms with Gasteiger partial charge in [0.1, 0.15) is 0 Å². The molecule has 0 heterocycles. The molecular formula is C25H42N4O3S. The minimum atomic E-state index is -1.03. The van der Waals surface area contributed by atoms with Gasteiger partial charge in [0.2, 0.25) is 5.91 Å². The highest BCUT2D eigenvalue weighted by Gasteiger charge is 2.14. The molecule has 0 rings (SSSR count). The molecule has 0 aliphatic heterocycles. The molecule has 0 saturated carbocycles. The first-order valence-electron chi connectivity index (χ1n) is 11.5. The number of nitrogens with zero attached hydrogens (tertiary/aromatic N) is 1. The van der Waals surface area contributed by atoms with E-state index in [-0.39, 0.29) is 18.2 Å². The summed E-state index contributed by atoms with van der Waals surface area (Å²) in [5.74, 6) is 0.606. The summed E-state index contributed by atoms with van der Waals surface area (Å²) >= 11 is 0. The van der Waals surface area contributed by atoms with E-state index in [0.717, 1.165) is 17.8 Å². The molecule has 0 aliphatic carbocycles. The number of nitrogens with one attached hydrogen (secondary N) is 3. The molecule has 0 aromatic heterocycles. The smallest absolute Gasteiger partial charge is 0.255 e. The molecule has 7 nitrogen and oxygen atoms in total. The van der Waals surface area contributed by atoms with Gasteiger partial charge in [-0.25, -0.2) is 0 Å². The van der Waals surface area contributed by atoms with Gasteiger partial charge in [0.15, 0.2) is 0 Å². The van der Waals surface area contributed by atoms with Crippen LogP contribution < -0.4 is 16.0 Å². The van der Waals surface area contributed by atoms with Gasteiger partial charge in [0.25, 0.3) is 5.91 Å². The van der Waals surface area contributed by atoms with E-state index >= 15 is 0 Å². The third-order valence-electron chi connectivity index (χ3n) is 4.65. The Morgan fingerprint density at radius 2 is 1.76 bits per heavy atom. The van der Waals surface area contributed by atoms with Crippen LogP contribution in [0.4, 0.5) is 0 Å². The fourth-order valence-corrected chi connectivity index (χ4v) is 3.65. The van der Waals surface area contributed by atoms with E-state index in [1.807, 2.05) is 58.7 Å². The summed E-state index contributed by atoms with van der Waals surface area (Å²) in [4.78, 5) is 27.3. The van der Waals surface area contributed by atoms with Gasteiger partial charge in [-0.15, -0.1) is 0 Å². The van der Waals surface area contributed by atoms with Crippen molar-refractivity contribution < 1.29 is 13.8 Å². The lowest BCUT2D eigenvalue weighted by Crippen LogP contribution is -2.36. The van der Waals surface area contributed by atoms with Crippen molar-refractivity contribution in [3.05, 3.63) is 59.5 Å². The fraction of sp³-hybridized carbons (Fsp3) is 0.520. The molecule has 1 atom stereocenters. The highest BCUT2D eigenvalue weighted by molar-refractivity contribution is 7.85. The number of carbonyl (C=O) groups excluding carboxylic acids is 2. The van der Waals surface area contributed by atoms with Gasteiger partial charge in [-0.05, 0) is 59.5 Å². The van der Waals surface area contributed by atoms with Crippen molar-refractivity contribution in [2.24, 2.45) is 0 Å². The Bertz CT molecular complexity index is 783. The van der Waals surface area contributed by atoms with Gasteiger partial charge < -0.3 is 20.9 Å². The Morgan fingerprint density at radius 3 is 2.33 bits per heavy atom. The van der Waals surface area contributed by atoms with E-state index in [0.29, 0.717) is 36.7 Å². The first-order chi connectivity index (χ1) is 15.8. The van der Waals surface area contributed by atoms with E-state index in [2.05, 4.69) is 16.0 Å². The Hall–Kier alpha value is -2.45. The molecule has 0 fully saturated rings. The first-order valence-corrected chi connectivity index (χ1v) is 13.0. The van der Waals surface area contributed by atoms with Crippen LogP contribution in [0.2, 0.25) is 0 Å². The molecule has 0 aromatic rings. The van der Waals surface area contributed by atoms with E-state index in [1.54, 1.807) is 30.5 Å². The molecule has 0 aliphatic rings. The molecule has 186 valence electrons. The number of hydrogen-bond acceptors (Lipinski definition) is 5. The number of amides is 2. The highest BCUT2D eigenvalue weighted by atomic mass is 32.2. The van der Waals surface area contributed by atoms with E-state index in [9.17, 15) is 13.8 Å². The summed E-state index contributed by atoms with van der Waals surface area (Å²) in [7, 11) is 0.836. The number of carbonyl (C=O) groups is 2. The zero-order valence-corrected chi connectivity index (χ0v) is 21.9. The van der Waals surface area contributed by atoms with Crippen molar-refractivity contribution in [1.29, 1.82) is 0 Å². The van der Waals surface area contributed by atoms with Gasteiger partial charge >= 0.3 is 0 Å². The molecule has 3 N–H and O–H groups in total. The van der Waals surface area contributed by atoms with E-state index in [4.69, 9.17) is 0 Å². The molecule has 2 amide bonds. The maximum atomic E-state index is 12.8. The number of rotatable bonds is 16. The Morgan fingerprint density at radius 1 is 1.06 bits per heavy atom. The summed E-state index contributed by atoms with van der Waals surface area (Å²) in [6, 6.07) is 0. The van der Waals surface area contributed by atoms with Crippen LogP contribution in [0.3, 0.4) is 0 Å². The molecule has 0 aromatic carbocycles. The quantitative estimate of drug-likeness (QED) is 0.180. The summed E-state index contributed by atoms with van der Waals surface area (Å²) in [5, 5.41) is 9.07. The van der Waals surface area contributed by atoms with Crippen molar-refractivity contribution in [3.8, 4) is 0 Å². The third kappa shape index (κ3) is 13.6. The van der Waals surface area contributed by atoms with Crippen molar-refractivity contribution in [3.63, 3.8) is 0 Å². The molecule has 1 unspecified atom stereocenters. The minimum Gasteiger partial charge on any atom is -0.385 e. The third-order valence-corrected chi connectivity index (χ3v) is 5.78. The maximum absolute atomic E-state index is 12.8. The average Bonchev–Trinajstić information content (AvgIpc) is 2.80. The summed E-state index contributed by atoms with van der Waals surface area (Å²) in [5.41, 5.74) is 2.01. The predicted molar refractivity (Wildman–Crippen MR) is 140 cm³/mol. The number of likely N-dealkylation sites (N-methyl/N-ethyl adjacent to an activating group) is 3. The molecule has 0 spiro atoms. The van der Waals surface area contributed by atoms with Crippen molar-refractivity contribution >= 4 is 22.6 Å². The summed E-state index contributed by atoms with van der Waals surface area (Å²) in [6.45, 7) is 12.2. The normalized spacial score (nSPS) is 14.1. The van der Waals surface area contributed by atoms with Crippen LogP contribution in [0, 0.1) is 0 Å². The first kappa shape index (κ1) is 30.6. The second-order valence-electron chi connectivity index (χ2n) is 7.30. The Kier molecular flexibility index (Phi) is 17.6. The molecule has 0 saturated heterocycles. The second kappa shape index (κ2) is 19.1. The van der Waals surface area contributed by atoms with Gasteiger partial charge in [-0.3, -0.25) is 13.8 Å². The van der Waals surface area contributed by atoms with Gasteiger partial charge in [0, 0.05) is 66.2 Å². The summed E-state index contributed by atoms with van der Waals surface area (Å²) in [6.07, 6.45) is 12.5. The zero-order valence-electron chi connectivity index (χ0n) is 21.1. The Labute approximate surface area is 202 Å². The van der Waals surface area contributed by atoms with Gasteiger partial charge in [0.05, 0.1) is 0 Å². The van der Waals surface area contributed by atoms with Crippen molar-refractivity contribution in [2.45, 2.75) is 41.0 Å². The van der Waals surface area contributed by atoms with Gasteiger partial charge in [-0.1, -0.05) is 30.4 Å². The van der Waals surface area contributed by atoms with E-state index < -0.39 is 10.8 Å². The van der Waals surface area contributed by atoms with E-state index in [1.165, 1.54) is 0 Å². The van der Waals surface area contributed by atoms with Crippen LogP contribution in [0.15, 0.2) is 59.5 Å². The molecule has 33 heavy (non-hydrogen) atoms. The number of hydrogen-bond donors (Lipinski definition) is 3. The van der Waals surface area contributed by atoms with Crippen LogP contribution >= 0.6 is 0 Å². The zero-order chi connectivity index (χ0) is 25.1. The van der Waals surface area contributed by atoms with Crippen LogP contribution in [-0.4, -0.2) is 65.7 Å². The maximum Gasteiger partial charge on any atom is 0.255 e. The average molecular weight is 479 g/mol. The largest absolute Gasteiger partial charge is 0.385 e. The lowest BCUT2D eigenvalue weighted by molar-refractivity contribution is -0.130. The number of allylic oxidation sites excluding steroid dienone is 3. The lowest BCUT2D eigenvalue weighted by atomic mass is 10.1. The minimum absolute atomic E-state index is 0.0453. The molecule has 8 heteroatoms. The molecular weight excluding hydrogens is 436 g/mol. The topological polar surface area (TPSA) is 90.5 Å². The fourth-order valence-electron chi connectivity index (χ4n) is 2.80. The molecule has 0 radical (unpaired) electrons. The molecule has 0 bridgehead atoms. The van der Waals surface area contributed by atoms with Crippen LogP contribution in [0.1, 0.15) is 41.0 Å². The SMILES string of the molecule is C/C=C/CS(=O)C/C=C/C(=C/C(NCC)=C(\C)CC(=O)N(CC)CCNC)C(=O)N/C=C/C. The van der Waals surface area contributed by atoms with Gasteiger partial charge in [-0.2, -0.15) is 0 Å². The van der Waals surface area contributed by atoms with Crippen LogP contribution in [0.5, 0.6) is 0 Å². The second-order valence-corrected chi connectivity index (χ2v) is 8.84. The standard InChI is InChI=1S/C25H42N4O3S/c1-7-11-17-33(32)18-12-13-22(25(31)28-14-8-2)20-23(27-9-3)21(5)19-24(30)29(10-4)16-15-26-6/h7-8,11-14,20,26-27H,9-10,15-19H2,1-6H3,(H,28,31)/b11-7+,13-12+,14-8+,22-20-,23-21-. The van der Waals surface area contributed by atoms with Crippen LogP contribution in [-0.2, 0) is 20.4 Å².